The van der Waals surface area contributed by atoms with Gasteiger partial charge in [-0.15, -0.1) is 0 Å². The number of para-hydroxylation sites is 2. The van der Waals surface area contributed by atoms with Crippen LogP contribution in [0.3, 0.4) is 0 Å². The van der Waals surface area contributed by atoms with Gasteiger partial charge in [-0.2, -0.15) is 0 Å². The van der Waals surface area contributed by atoms with Gasteiger partial charge in [0, 0.05) is 18.8 Å². The standard InChI is InChI=1S/C24H36N2O2/c1-3-5-7-10-20-27-22-15-13-21(14-16-22)25-17-18-26-23-11-8-9-12-24(23)28-19-6-4-2/h8-9,11-16,25-26H,3-7,10,17-20H2,1-2H3. The van der Waals surface area contributed by atoms with Crippen LogP contribution in [0.4, 0.5) is 11.4 Å². The molecule has 0 aliphatic carbocycles. The Kier molecular flexibility index (Phi) is 10.8. The van der Waals surface area contributed by atoms with Crippen molar-refractivity contribution in [3.05, 3.63) is 48.5 Å². The fraction of sp³-hybridized carbons (Fsp3) is 0.500. The van der Waals surface area contributed by atoms with Crippen LogP contribution in [-0.4, -0.2) is 26.3 Å². The highest BCUT2D eigenvalue weighted by Gasteiger charge is 2.02. The molecule has 0 spiro atoms. The lowest BCUT2D eigenvalue weighted by Gasteiger charge is -2.14. The van der Waals surface area contributed by atoms with Crippen LogP contribution in [0.5, 0.6) is 11.5 Å². The number of ether oxygens (including phenoxy) is 2. The Hall–Kier alpha value is -2.36. The number of anilines is 2. The molecular formula is C24H36N2O2. The number of hydrogen-bond donors (Lipinski definition) is 2. The van der Waals surface area contributed by atoms with E-state index in [1.807, 2.05) is 30.3 Å². The Balaban J connectivity index is 1.67. The number of benzene rings is 2. The molecule has 0 fully saturated rings. The highest BCUT2D eigenvalue weighted by molar-refractivity contribution is 5.56. The Labute approximate surface area is 170 Å². The first kappa shape index (κ1) is 21.9. The zero-order valence-corrected chi connectivity index (χ0v) is 17.5. The Morgan fingerprint density at radius 2 is 1.39 bits per heavy atom. The second-order valence-corrected chi connectivity index (χ2v) is 6.99. The summed E-state index contributed by atoms with van der Waals surface area (Å²) in [6.45, 7) is 7.62. The summed E-state index contributed by atoms with van der Waals surface area (Å²) in [5.74, 6) is 1.87. The van der Waals surface area contributed by atoms with Gasteiger partial charge in [-0.05, 0) is 49.2 Å². The van der Waals surface area contributed by atoms with Crippen molar-refractivity contribution in [2.24, 2.45) is 0 Å². The summed E-state index contributed by atoms with van der Waals surface area (Å²) in [5, 5.41) is 6.89. The molecule has 0 aromatic heterocycles. The molecule has 2 aromatic carbocycles. The molecule has 0 saturated heterocycles. The molecule has 0 atom stereocenters. The van der Waals surface area contributed by atoms with Crippen molar-refractivity contribution >= 4 is 11.4 Å². The molecule has 0 unspecified atom stereocenters. The second kappa shape index (κ2) is 13.8. The van der Waals surface area contributed by atoms with Crippen molar-refractivity contribution in [2.75, 3.05) is 36.9 Å². The smallest absolute Gasteiger partial charge is 0.142 e. The van der Waals surface area contributed by atoms with Crippen molar-refractivity contribution in [1.82, 2.24) is 0 Å². The van der Waals surface area contributed by atoms with Crippen LogP contribution in [0.2, 0.25) is 0 Å². The molecular weight excluding hydrogens is 348 g/mol. The molecule has 4 heteroatoms. The van der Waals surface area contributed by atoms with Gasteiger partial charge in [0.25, 0.3) is 0 Å². The number of rotatable bonds is 15. The van der Waals surface area contributed by atoms with Crippen LogP contribution in [0.15, 0.2) is 48.5 Å². The number of hydrogen-bond acceptors (Lipinski definition) is 4. The SMILES string of the molecule is CCCCCCOc1ccc(NCCNc2ccccc2OCCCC)cc1. The minimum absolute atomic E-state index is 0.764. The average Bonchev–Trinajstić information content (AvgIpc) is 2.73. The maximum absolute atomic E-state index is 5.86. The molecule has 4 nitrogen and oxygen atoms in total. The van der Waals surface area contributed by atoms with Gasteiger partial charge in [0.2, 0.25) is 0 Å². The number of unbranched alkanes of at least 4 members (excludes halogenated alkanes) is 4. The van der Waals surface area contributed by atoms with Crippen molar-refractivity contribution in [1.29, 1.82) is 0 Å². The van der Waals surface area contributed by atoms with Crippen LogP contribution < -0.4 is 20.1 Å². The van der Waals surface area contributed by atoms with E-state index < -0.39 is 0 Å². The molecule has 2 aromatic rings. The van der Waals surface area contributed by atoms with Gasteiger partial charge >= 0.3 is 0 Å². The van der Waals surface area contributed by atoms with Gasteiger partial charge in [-0.3, -0.25) is 0 Å². The molecule has 0 bridgehead atoms. The largest absolute Gasteiger partial charge is 0.494 e. The lowest BCUT2D eigenvalue weighted by atomic mass is 10.2. The molecule has 0 amide bonds. The molecule has 154 valence electrons. The average molecular weight is 385 g/mol. The quantitative estimate of drug-likeness (QED) is 0.351. The van der Waals surface area contributed by atoms with E-state index in [2.05, 4.69) is 42.7 Å². The summed E-state index contributed by atoms with van der Waals surface area (Å²) in [7, 11) is 0. The van der Waals surface area contributed by atoms with Crippen LogP contribution in [0.1, 0.15) is 52.4 Å². The van der Waals surface area contributed by atoms with Crippen LogP contribution in [0.25, 0.3) is 0 Å². The third-order valence-corrected chi connectivity index (χ3v) is 4.53. The van der Waals surface area contributed by atoms with E-state index in [1.165, 1.54) is 19.3 Å². The van der Waals surface area contributed by atoms with Gasteiger partial charge in [-0.25, -0.2) is 0 Å². The lowest BCUT2D eigenvalue weighted by molar-refractivity contribution is 0.305. The molecule has 0 aliphatic rings. The predicted octanol–water partition coefficient (Wildman–Crippen LogP) is 6.35. The molecule has 28 heavy (non-hydrogen) atoms. The summed E-state index contributed by atoms with van der Waals surface area (Å²) >= 11 is 0. The van der Waals surface area contributed by atoms with Gasteiger partial charge in [0.1, 0.15) is 11.5 Å². The zero-order chi connectivity index (χ0) is 19.9. The van der Waals surface area contributed by atoms with E-state index in [-0.39, 0.29) is 0 Å². The highest BCUT2D eigenvalue weighted by atomic mass is 16.5. The van der Waals surface area contributed by atoms with Crippen LogP contribution >= 0.6 is 0 Å². The van der Waals surface area contributed by atoms with Gasteiger partial charge < -0.3 is 20.1 Å². The first-order valence-electron chi connectivity index (χ1n) is 10.8. The molecule has 0 radical (unpaired) electrons. The summed E-state index contributed by atoms with van der Waals surface area (Å²) in [6.07, 6.45) is 7.14. The van der Waals surface area contributed by atoms with Gasteiger partial charge in [-0.1, -0.05) is 51.7 Å². The Morgan fingerprint density at radius 3 is 2.18 bits per heavy atom. The maximum atomic E-state index is 5.86. The Morgan fingerprint density at radius 1 is 0.679 bits per heavy atom. The van der Waals surface area contributed by atoms with Crippen molar-refractivity contribution in [3.63, 3.8) is 0 Å². The highest BCUT2D eigenvalue weighted by Crippen LogP contribution is 2.23. The van der Waals surface area contributed by atoms with E-state index in [0.29, 0.717) is 0 Å². The first-order chi connectivity index (χ1) is 13.8. The van der Waals surface area contributed by atoms with Crippen molar-refractivity contribution in [3.8, 4) is 11.5 Å². The van der Waals surface area contributed by atoms with E-state index in [4.69, 9.17) is 9.47 Å². The Bertz CT molecular complexity index is 643. The summed E-state index contributed by atoms with van der Waals surface area (Å²) < 4.78 is 11.7. The predicted molar refractivity (Wildman–Crippen MR) is 120 cm³/mol. The summed E-state index contributed by atoms with van der Waals surface area (Å²) in [5.41, 5.74) is 2.15. The molecule has 2 rings (SSSR count). The van der Waals surface area contributed by atoms with Crippen molar-refractivity contribution < 1.29 is 9.47 Å². The van der Waals surface area contributed by atoms with E-state index in [0.717, 1.165) is 68.4 Å². The second-order valence-electron chi connectivity index (χ2n) is 6.99. The maximum Gasteiger partial charge on any atom is 0.142 e. The van der Waals surface area contributed by atoms with E-state index >= 15 is 0 Å². The first-order valence-corrected chi connectivity index (χ1v) is 10.8. The van der Waals surface area contributed by atoms with Crippen molar-refractivity contribution in [2.45, 2.75) is 52.4 Å². The third kappa shape index (κ3) is 8.55. The van der Waals surface area contributed by atoms with Crippen LogP contribution in [0, 0.1) is 0 Å². The zero-order valence-electron chi connectivity index (χ0n) is 17.5. The fourth-order valence-corrected chi connectivity index (χ4v) is 2.86. The minimum atomic E-state index is 0.764. The van der Waals surface area contributed by atoms with Gasteiger partial charge in [0.05, 0.1) is 18.9 Å². The third-order valence-electron chi connectivity index (χ3n) is 4.53. The van der Waals surface area contributed by atoms with Crippen LogP contribution in [-0.2, 0) is 0 Å². The topological polar surface area (TPSA) is 42.5 Å². The fourth-order valence-electron chi connectivity index (χ4n) is 2.86. The summed E-state index contributed by atoms with van der Waals surface area (Å²) in [6, 6.07) is 16.3. The van der Waals surface area contributed by atoms with E-state index in [1.54, 1.807) is 0 Å². The molecule has 0 saturated carbocycles. The molecule has 0 heterocycles. The minimum Gasteiger partial charge on any atom is -0.494 e. The normalized spacial score (nSPS) is 10.5. The molecule has 2 N–H and O–H groups in total. The summed E-state index contributed by atoms with van der Waals surface area (Å²) in [4.78, 5) is 0. The van der Waals surface area contributed by atoms with E-state index in [9.17, 15) is 0 Å². The monoisotopic (exact) mass is 384 g/mol. The lowest BCUT2D eigenvalue weighted by Crippen LogP contribution is -2.14. The molecule has 0 aliphatic heterocycles. The number of nitrogens with one attached hydrogen (secondary N) is 2. The van der Waals surface area contributed by atoms with Gasteiger partial charge in [0.15, 0.2) is 0 Å².